The van der Waals surface area contributed by atoms with Gasteiger partial charge in [-0.15, -0.1) is 0 Å². The molecule has 1 aliphatic rings. The molecule has 0 saturated carbocycles. The van der Waals surface area contributed by atoms with Gasteiger partial charge in [0.15, 0.2) is 0 Å². The summed E-state index contributed by atoms with van der Waals surface area (Å²) in [5.41, 5.74) is 3.65. The number of hydrogen-bond acceptors (Lipinski definition) is 4. The summed E-state index contributed by atoms with van der Waals surface area (Å²) in [7, 11) is 0. The van der Waals surface area contributed by atoms with Crippen molar-refractivity contribution >= 4 is 18.0 Å². The molecule has 7 nitrogen and oxygen atoms in total. The molecule has 0 heterocycles. The smallest absolute Gasteiger partial charge is 0.417 e. The molecule has 1 aliphatic carbocycles. The van der Waals surface area contributed by atoms with E-state index in [9.17, 15) is 32.7 Å². The van der Waals surface area contributed by atoms with Crippen LogP contribution in [0.4, 0.5) is 18.0 Å². The van der Waals surface area contributed by atoms with Crippen LogP contribution in [0.15, 0.2) is 48.5 Å². The number of alkyl carbamates (subject to hydrolysis) is 1. The zero-order valence-corrected chi connectivity index (χ0v) is 18.4. The van der Waals surface area contributed by atoms with E-state index in [1.54, 1.807) is 6.92 Å². The molecule has 2 atom stereocenters. The molecular weight excluding hydrogens is 453 g/mol. The van der Waals surface area contributed by atoms with Gasteiger partial charge in [-0.05, 0) is 28.7 Å². The van der Waals surface area contributed by atoms with Crippen LogP contribution < -0.4 is 10.6 Å². The Kier molecular flexibility index (Phi) is 7.80. The highest BCUT2D eigenvalue weighted by atomic mass is 19.4. The summed E-state index contributed by atoms with van der Waals surface area (Å²) >= 11 is 0. The van der Waals surface area contributed by atoms with E-state index in [1.807, 2.05) is 53.8 Å². The van der Waals surface area contributed by atoms with Gasteiger partial charge in [0.25, 0.3) is 5.91 Å². The number of alkyl halides is 3. The molecule has 3 rings (SSSR count). The number of carboxylic acid groups (broad SMARTS) is 1. The summed E-state index contributed by atoms with van der Waals surface area (Å²) in [6.07, 6.45) is -5.62. The van der Waals surface area contributed by atoms with Crippen LogP contribution in [0, 0.1) is 0 Å². The van der Waals surface area contributed by atoms with E-state index in [4.69, 9.17) is 4.74 Å². The van der Waals surface area contributed by atoms with Crippen molar-refractivity contribution in [3.63, 3.8) is 0 Å². The highest BCUT2D eigenvalue weighted by Gasteiger charge is 2.47. The van der Waals surface area contributed by atoms with Crippen LogP contribution in [-0.2, 0) is 14.3 Å². The van der Waals surface area contributed by atoms with E-state index in [1.165, 1.54) is 5.32 Å². The number of amides is 2. The number of nitrogens with one attached hydrogen (secondary N) is 2. The first-order chi connectivity index (χ1) is 16.1. The zero-order valence-electron chi connectivity index (χ0n) is 18.4. The molecule has 0 radical (unpaired) electrons. The third-order valence-corrected chi connectivity index (χ3v) is 5.66. The van der Waals surface area contributed by atoms with Crippen molar-refractivity contribution in [1.29, 1.82) is 0 Å². The van der Waals surface area contributed by atoms with E-state index in [0.29, 0.717) is 12.8 Å². The Morgan fingerprint density at radius 3 is 2.06 bits per heavy atom. The Morgan fingerprint density at radius 2 is 1.56 bits per heavy atom. The summed E-state index contributed by atoms with van der Waals surface area (Å²) in [6.45, 7) is 1.54. The first-order valence-electron chi connectivity index (χ1n) is 10.8. The van der Waals surface area contributed by atoms with Gasteiger partial charge in [0.05, 0.1) is 0 Å². The number of aliphatic carboxylic acids is 1. The number of carbonyl (C=O) groups excluding carboxylic acids is 2. The van der Waals surface area contributed by atoms with Gasteiger partial charge in [0, 0.05) is 5.92 Å². The lowest BCUT2D eigenvalue weighted by molar-refractivity contribution is -0.169. The van der Waals surface area contributed by atoms with Crippen LogP contribution in [-0.4, -0.2) is 47.9 Å². The first-order valence-corrected chi connectivity index (χ1v) is 10.8. The van der Waals surface area contributed by atoms with Crippen LogP contribution in [0.2, 0.25) is 0 Å². The van der Waals surface area contributed by atoms with Gasteiger partial charge in [-0.2, -0.15) is 13.2 Å². The number of carbonyl (C=O) groups is 3. The Balaban J connectivity index is 1.68. The second kappa shape index (κ2) is 10.6. The van der Waals surface area contributed by atoms with Gasteiger partial charge in [0.2, 0.25) is 6.04 Å². The molecule has 0 aliphatic heterocycles. The lowest BCUT2D eigenvalue weighted by atomic mass is 9.98. The van der Waals surface area contributed by atoms with E-state index in [2.05, 4.69) is 0 Å². The Bertz CT molecular complexity index is 1010. The third-order valence-electron chi connectivity index (χ3n) is 5.66. The molecule has 10 heteroatoms. The summed E-state index contributed by atoms with van der Waals surface area (Å²) in [4.78, 5) is 35.8. The molecule has 0 aromatic heterocycles. The molecule has 3 N–H and O–H groups in total. The molecule has 0 bridgehead atoms. The van der Waals surface area contributed by atoms with Crippen LogP contribution in [0.5, 0.6) is 0 Å². The fraction of sp³-hybridized carbons (Fsp3) is 0.375. The lowest BCUT2D eigenvalue weighted by Crippen LogP contribution is -2.57. The fourth-order valence-corrected chi connectivity index (χ4v) is 3.97. The Labute approximate surface area is 194 Å². The molecule has 2 unspecified atom stereocenters. The van der Waals surface area contributed by atoms with Crippen LogP contribution in [0.1, 0.15) is 43.2 Å². The maximum Gasteiger partial charge on any atom is 0.417 e. The highest BCUT2D eigenvalue weighted by molar-refractivity contribution is 5.90. The van der Waals surface area contributed by atoms with Gasteiger partial charge < -0.3 is 20.5 Å². The van der Waals surface area contributed by atoms with Crippen LogP contribution in [0.3, 0.4) is 0 Å². The summed E-state index contributed by atoms with van der Waals surface area (Å²) < 4.78 is 45.6. The van der Waals surface area contributed by atoms with Crippen LogP contribution in [0.25, 0.3) is 11.1 Å². The molecule has 0 saturated heterocycles. The maximum absolute atomic E-state index is 13.5. The normalized spacial score (nSPS) is 14.5. The van der Waals surface area contributed by atoms with Gasteiger partial charge in [-0.3, -0.25) is 4.79 Å². The number of halogens is 3. The predicted molar refractivity (Wildman–Crippen MR) is 117 cm³/mol. The van der Waals surface area contributed by atoms with Crippen molar-refractivity contribution in [3.8, 4) is 11.1 Å². The topological polar surface area (TPSA) is 105 Å². The van der Waals surface area contributed by atoms with Crippen LogP contribution >= 0.6 is 0 Å². The second-order valence-electron chi connectivity index (χ2n) is 7.99. The Morgan fingerprint density at radius 1 is 1.00 bits per heavy atom. The Hall–Kier alpha value is -3.56. The zero-order chi connectivity index (χ0) is 24.9. The summed E-state index contributed by atoms with van der Waals surface area (Å²) in [6, 6.07) is 10.5. The highest BCUT2D eigenvalue weighted by Crippen LogP contribution is 2.44. The van der Waals surface area contributed by atoms with E-state index in [-0.39, 0.29) is 18.9 Å². The SMILES string of the molecule is CCCCC(NC(=O)C(NC(=O)OCC1c2ccccc2-c2ccccc21)C(F)(F)F)C(=O)O. The van der Waals surface area contributed by atoms with Crippen molar-refractivity contribution in [2.75, 3.05) is 6.61 Å². The van der Waals surface area contributed by atoms with Crippen molar-refractivity contribution in [2.45, 2.75) is 50.4 Å². The maximum atomic E-state index is 13.5. The minimum Gasteiger partial charge on any atom is -0.480 e. The van der Waals surface area contributed by atoms with E-state index in [0.717, 1.165) is 22.3 Å². The molecule has 0 fully saturated rings. The molecule has 2 aromatic rings. The van der Waals surface area contributed by atoms with Gasteiger partial charge in [-0.25, -0.2) is 9.59 Å². The largest absolute Gasteiger partial charge is 0.480 e. The van der Waals surface area contributed by atoms with Gasteiger partial charge in [0.1, 0.15) is 12.6 Å². The predicted octanol–water partition coefficient (Wildman–Crippen LogP) is 4.22. The van der Waals surface area contributed by atoms with E-state index < -0.39 is 36.2 Å². The number of rotatable bonds is 9. The molecule has 34 heavy (non-hydrogen) atoms. The number of ether oxygens (including phenoxy) is 1. The molecule has 2 aromatic carbocycles. The monoisotopic (exact) mass is 478 g/mol. The van der Waals surface area contributed by atoms with Gasteiger partial charge >= 0.3 is 18.2 Å². The number of fused-ring (bicyclic) bond motifs is 3. The fourth-order valence-electron chi connectivity index (χ4n) is 3.97. The number of unbranched alkanes of at least 4 members (excludes halogenated alkanes) is 1. The van der Waals surface area contributed by atoms with Crippen molar-refractivity contribution in [1.82, 2.24) is 10.6 Å². The minimum atomic E-state index is -5.15. The third kappa shape index (κ3) is 5.67. The molecule has 2 amide bonds. The first kappa shape index (κ1) is 25.1. The minimum absolute atomic E-state index is 0.0346. The standard InChI is InChI=1S/C24H25F3N2O5/c1-2-3-12-19(22(31)32)28-21(30)20(24(25,26)27)29-23(33)34-13-18-16-10-6-4-8-14(16)15-9-5-7-11-17(15)18/h4-11,18-20H,2-3,12-13H2,1H3,(H,28,30)(H,29,33)(H,31,32). The van der Waals surface area contributed by atoms with Crippen molar-refractivity contribution < 1.29 is 37.4 Å². The van der Waals surface area contributed by atoms with Crippen molar-refractivity contribution in [3.05, 3.63) is 59.7 Å². The summed E-state index contributed by atoms with van der Waals surface area (Å²) in [5, 5.41) is 12.6. The quantitative estimate of drug-likeness (QED) is 0.501. The second-order valence-corrected chi connectivity index (χ2v) is 7.99. The average molecular weight is 478 g/mol. The number of hydrogen-bond donors (Lipinski definition) is 3. The lowest BCUT2D eigenvalue weighted by Gasteiger charge is -2.23. The van der Waals surface area contributed by atoms with E-state index >= 15 is 0 Å². The molecular formula is C24H25F3N2O5. The van der Waals surface area contributed by atoms with Gasteiger partial charge in [-0.1, -0.05) is 68.3 Å². The molecule has 0 spiro atoms. The average Bonchev–Trinajstić information content (AvgIpc) is 3.11. The number of benzene rings is 2. The summed E-state index contributed by atoms with van der Waals surface area (Å²) in [5.74, 6) is -3.49. The number of carboxylic acids is 1. The van der Waals surface area contributed by atoms with Crippen molar-refractivity contribution in [2.24, 2.45) is 0 Å². The molecule has 182 valence electrons.